The fourth-order valence-electron chi connectivity index (χ4n) is 4.51. The Bertz CT molecular complexity index is 1280. The lowest BCUT2D eigenvalue weighted by Crippen LogP contribution is -2.29. The molecule has 0 spiro atoms. The number of likely N-dealkylation sites (tertiary alicyclic amines) is 1. The van der Waals surface area contributed by atoms with Crippen LogP contribution in [0.4, 0.5) is 0 Å². The summed E-state index contributed by atoms with van der Waals surface area (Å²) in [5, 5.41) is 10.6. The number of carbonyl (C=O) groups excluding carboxylic acids is 1. The zero-order chi connectivity index (χ0) is 23.0. The van der Waals surface area contributed by atoms with Crippen molar-refractivity contribution in [2.75, 3.05) is 13.1 Å². The quantitative estimate of drug-likeness (QED) is 0.599. The number of amides is 1. The third-order valence-electron chi connectivity index (χ3n) is 6.25. The Balaban J connectivity index is 1.80. The summed E-state index contributed by atoms with van der Waals surface area (Å²) in [6.07, 6.45) is 3.22. The predicted octanol–water partition coefficient (Wildman–Crippen LogP) is 1.53. The SMILES string of the molecule is Cn1c(=O)n(C)c2cc([C@H](CC(N)=O)c3oc(CN4CCCCC4)cc(=O)c3O)ccc21. The van der Waals surface area contributed by atoms with Crippen molar-refractivity contribution in [3.05, 3.63) is 62.1 Å². The number of aromatic nitrogens is 2. The van der Waals surface area contributed by atoms with Gasteiger partial charge in [0.05, 0.1) is 23.5 Å². The molecule has 0 bridgehead atoms. The molecule has 32 heavy (non-hydrogen) atoms. The van der Waals surface area contributed by atoms with Gasteiger partial charge in [-0.2, -0.15) is 0 Å². The van der Waals surface area contributed by atoms with Gasteiger partial charge in [0, 0.05) is 26.6 Å². The van der Waals surface area contributed by atoms with Crippen LogP contribution >= 0.6 is 0 Å². The molecule has 0 radical (unpaired) electrons. The van der Waals surface area contributed by atoms with Crippen molar-refractivity contribution in [1.82, 2.24) is 14.0 Å². The Morgan fingerprint density at radius 3 is 2.47 bits per heavy atom. The smallest absolute Gasteiger partial charge is 0.328 e. The van der Waals surface area contributed by atoms with Crippen molar-refractivity contribution in [2.45, 2.75) is 38.1 Å². The number of aromatic hydroxyl groups is 1. The molecule has 1 amide bonds. The van der Waals surface area contributed by atoms with E-state index in [2.05, 4.69) is 4.90 Å². The Kier molecular flexibility index (Phi) is 5.92. The van der Waals surface area contributed by atoms with Crippen molar-refractivity contribution < 1.29 is 14.3 Å². The molecular weight excluding hydrogens is 412 g/mol. The second kappa shape index (κ2) is 8.66. The maximum atomic E-state index is 12.5. The van der Waals surface area contributed by atoms with Crippen LogP contribution in [0.15, 0.2) is 38.3 Å². The van der Waals surface area contributed by atoms with Gasteiger partial charge in [-0.3, -0.25) is 23.6 Å². The number of rotatable bonds is 6. The van der Waals surface area contributed by atoms with Gasteiger partial charge in [0.25, 0.3) is 0 Å². The fourth-order valence-corrected chi connectivity index (χ4v) is 4.51. The molecule has 0 aliphatic carbocycles. The average Bonchev–Trinajstić information content (AvgIpc) is 2.99. The largest absolute Gasteiger partial charge is 0.502 e. The highest BCUT2D eigenvalue weighted by atomic mass is 16.4. The maximum Gasteiger partial charge on any atom is 0.328 e. The van der Waals surface area contributed by atoms with Gasteiger partial charge in [-0.25, -0.2) is 4.79 Å². The normalized spacial score (nSPS) is 15.8. The number of carbonyl (C=O) groups is 1. The van der Waals surface area contributed by atoms with E-state index < -0.39 is 23.0 Å². The van der Waals surface area contributed by atoms with Gasteiger partial charge in [-0.15, -0.1) is 0 Å². The standard InChI is InChI=1S/C23H28N4O5/c1-25-17-7-6-14(10-18(17)26(2)23(25)31)16(12-20(24)29)22-21(30)19(28)11-15(32-22)13-27-8-4-3-5-9-27/h6-7,10-11,16,30H,3-5,8-9,12-13H2,1-2H3,(H2,24,29)/t16-/m0/s1. The first-order valence-electron chi connectivity index (χ1n) is 10.8. The number of hydrogen-bond acceptors (Lipinski definition) is 6. The summed E-state index contributed by atoms with van der Waals surface area (Å²) >= 11 is 0. The van der Waals surface area contributed by atoms with Crippen LogP contribution in [-0.4, -0.2) is 38.1 Å². The van der Waals surface area contributed by atoms with Crippen LogP contribution in [0.2, 0.25) is 0 Å². The second-order valence-corrected chi connectivity index (χ2v) is 8.50. The van der Waals surface area contributed by atoms with Crippen molar-refractivity contribution in [1.29, 1.82) is 0 Å². The molecule has 0 saturated carbocycles. The Hall–Kier alpha value is -3.33. The maximum absolute atomic E-state index is 12.5. The monoisotopic (exact) mass is 440 g/mol. The van der Waals surface area contributed by atoms with E-state index in [-0.39, 0.29) is 17.9 Å². The number of nitrogens with two attached hydrogens (primary N) is 1. The van der Waals surface area contributed by atoms with E-state index in [4.69, 9.17) is 10.2 Å². The first-order chi connectivity index (χ1) is 15.3. The molecule has 170 valence electrons. The van der Waals surface area contributed by atoms with Gasteiger partial charge in [-0.05, 0) is 43.6 Å². The van der Waals surface area contributed by atoms with Crippen molar-refractivity contribution >= 4 is 16.9 Å². The lowest BCUT2D eigenvalue weighted by molar-refractivity contribution is -0.118. The number of benzene rings is 1. The Labute approximate surface area is 184 Å². The summed E-state index contributed by atoms with van der Waals surface area (Å²) in [5.74, 6) is -1.43. The van der Waals surface area contributed by atoms with Crippen molar-refractivity contribution in [3.63, 3.8) is 0 Å². The number of primary amides is 1. The van der Waals surface area contributed by atoms with E-state index in [1.165, 1.54) is 21.6 Å². The number of hydrogen-bond donors (Lipinski definition) is 2. The van der Waals surface area contributed by atoms with Crippen LogP contribution < -0.4 is 16.9 Å². The lowest BCUT2D eigenvalue weighted by Gasteiger charge is -2.26. The first kappa shape index (κ1) is 21.9. The molecule has 3 N–H and O–H groups in total. The Morgan fingerprint density at radius 1 is 1.09 bits per heavy atom. The molecule has 2 aromatic heterocycles. The number of fused-ring (bicyclic) bond motifs is 1. The Morgan fingerprint density at radius 2 is 1.78 bits per heavy atom. The molecule has 1 aliphatic rings. The molecule has 1 saturated heterocycles. The number of imidazole rings is 1. The van der Waals surface area contributed by atoms with Crippen LogP contribution in [0.25, 0.3) is 11.0 Å². The van der Waals surface area contributed by atoms with E-state index >= 15 is 0 Å². The van der Waals surface area contributed by atoms with Crippen LogP contribution in [-0.2, 0) is 25.4 Å². The summed E-state index contributed by atoms with van der Waals surface area (Å²) in [6.45, 7) is 2.30. The highest BCUT2D eigenvalue weighted by Gasteiger charge is 2.27. The highest BCUT2D eigenvalue weighted by molar-refractivity contribution is 5.79. The highest BCUT2D eigenvalue weighted by Crippen LogP contribution is 2.34. The third-order valence-corrected chi connectivity index (χ3v) is 6.25. The fraction of sp³-hybridized carbons (Fsp3) is 0.435. The van der Waals surface area contributed by atoms with Gasteiger partial charge in [0.15, 0.2) is 5.76 Å². The van der Waals surface area contributed by atoms with Crippen LogP contribution in [0.3, 0.4) is 0 Å². The van der Waals surface area contributed by atoms with E-state index in [9.17, 15) is 19.5 Å². The minimum absolute atomic E-state index is 0.0172. The summed E-state index contributed by atoms with van der Waals surface area (Å²) in [5.41, 5.74) is 6.78. The van der Waals surface area contributed by atoms with Crippen LogP contribution in [0, 0.1) is 0 Å². The topological polar surface area (TPSA) is 124 Å². The summed E-state index contributed by atoms with van der Waals surface area (Å²) in [6, 6.07) is 6.60. The van der Waals surface area contributed by atoms with E-state index in [0.29, 0.717) is 23.4 Å². The lowest BCUT2D eigenvalue weighted by atomic mass is 9.91. The minimum Gasteiger partial charge on any atom is -0.502 e. The van der Waals surface area contributed by atoms with Crippen molar-refractivity contribution in [3.8, 4) is 5.75 Å². The van der Waals surface area contributed by atoms with Gasteiger partial charge in [0.2, 0.25) is 17.1 Å². The molecule has 1 fully saturated rings. The summed E-state index contributed by atoms with van der Waals surface area (Å²) < 4.78 is 9.04. The zero-order valence-corrected chi connectivity index (χ0v) is 18.3. The van der Waals surface area contributed by atoms with Gasteiger partial charge < -0.3 is 15.3 Å². The molecule has 1 aromatic carbocycles. The summed E-state index contributed by atoms with van der Waals surface area (Å²) in [7, 11) is 3.34. The van der Waals surface area contributed by atoms with E-state index in [0.717, 1.165) is 31.4 Å². The molecule has 1 aliphatic heterocycles. The molecule has 3 heterocycles. The second-order valence-electron chi connectivity index (χ2n) is 8.50. The van der Waals surface area contributed by atoms with E-state index in [1.54, 1.807) is 32.3 Å². The van der Waals surface area contributed by atoms with Crippen molar-refractivity contribution in [2.24, 2.45) is 19.8 Å². The minimum atomic E-state index is -0.763. The molecule has 9 heteroatoms. The van der Waals surface area contributed by atoms with Gasteiger partial charge in [0.1, 0.15) is 5.76 Å². The first-order valence-corrected chi connectivity index (χ1v) is 10.8. The number of nitrogens with zero attached hydrogens (tertiary/aromatic N) is 3. The van der Waals surface area contributed by atoms with Crippen LogP contribution in [0.1, 0.15) is 48.7 Å². The number of piperidine rings is 1. The molecule has 4 rings (SSSR count). The molecule has 3 aromatic rings. The predicted molar refractivity (Wildman–Crippen MR) is 120 cm³/mol. The zero-order valence-electron chi connectivity index (χ0n) is 18.3. The van der Waals surface area contributed by atoms with Crippen LogP contribution in [0.5, 0.6) is 5.75 Å². The molecular formula is C23H28N4O5. The number of aryl methyl sites for hydroxylation is 2. The molecule has 0 unspecified atom stereocenters. The summed E-state index contributed by atoms with van der Waals surface area (Å²) in [4.78, 5) is 38.9. The van der Waals surface area contributed by atoms with E-state index in [1.807, 2.05) is 0 Å². The van der Waals surface area contributed by atoms with Gasteiger partial charge in [-0.1, -0.05) is 12.5 Å². The van der Waals surface area contributed by atoms with Gasteiger partial charge >= 0.3 is 5.69 Å². The molecule has 9 nitrogen and oxygen atoms in total. The molecule has 1 atom stereocenters. The average molecular weight is 441 g/mol. The third kappa shape index (κ3) is 4.08.